The molecule has 0 aliphatic heterocycles. The SMILES string of the molecule is COCc1c(C(=O)NC(c2ccccc2)c2ccc(OC)cc2)sc2cccc(F)c12. The zero-order valence-corrected chi connectivity index (χ0v) is 18.0. The second-order valence-electron chi connectivity index (χ2n) is 7.05. The van der Waals surface area contributed by atoms with E-state index in [2.05, 4.69) is 5.32 Å². The fourth-order valence-electron chi connectivity index (χ4n) is 3.63. The van der Waals surface area contributed by atoms with Crippen LogP contribution in [0.4, 0.5) is 4.39 Å². The number of ether oxygens (including phenoxy) is 2. The van der Waals surface area contributed by atoms with E-state index in [0.717, 1.165) is 21.6 Å². The summed E-state index contributed by atoms with van der Waals surface area (Å²) < 4.78 is 25.8. The molecule has 1 unspecified atom stereocenters. The number of rotatable bonds is 7. The van der Waals surface area contributed by atoms with E-state index >= 15 is 0 Å². The van der Waals surface area contributed by atoms with Crippen molar-refractivity contribution in [1.29, 1.82) is 0 Å². The monoisotopic (exact) mass is 435 g/mol. The van der Waals surface area contributed by atoms with Crippen LogP contribution in [0.2, 0.25) is 0 Å². The summed E-state index contributed by atoms with van der Waals surface area (Å²) in [5.74, 6) is 0.121. The Kier molecular flexibility index (Phi) is 6.30. The smallest absolute Gasteiger partial charge is 0.262 e. The number of thiophene rings is 1. The molecule has 0 aliphatic rings. The van der Waals surface area contributed by atoms with Gasteiger partial charge in [0, 0.05) is 22.8 Å². The summed E-state index contributed by atoms with van der Waals surface area (Å²) >= 11 is 1.27. The van der Waals surface area contributed by atoms with Gasteiger partial charge >= 0.3 is 0 Å². The molecule has 0 spiro atoms. The van der Waals surface area contributed by atoms with Gasteiger partial charge in [0.2, 0.25) is 0 Å². The van der Waals surface area contributed by atoms with Gasteiger partial charge in [-0.2, -0.15) is 0 Å². The van der Waals surface area contributed by atoms with Crippen LogP contribution in [-0.2, 0) is 11.3 Å². The molecule has 158 valence electrons. The number of hydrogen-bond acceptors (Lipinski definition) is 4. The van der Waals surface area contributed by atoms with E-state index in [9.17, 15) is 9.18 Å². The Hall–Kier alpha value is -3.22. The lowest BCUT2D eigenvalue weighted by Gasteiger charge is -2.20. The third kappa shape index (κ3) is 4.31. The van der Waals surface area contributed by atoms with Crippen LogP contribution in [0.15, 0.2) is 72.8 Å². The highest BCUT2D eigenvalue weighted by Crippen LogP contribution is 2.34. The average Bonchev–Trinajstić information content (AvgIpc) is 3.18. The van der Waals surface area contributed by atoms with Crippen LogP contribution in [0.25, 0.3) is 10.1 Å². The largest absolute Gasteiger partial charge is 0.497 e. The number of hydrogen-bond donors (Lipinski definition) is 1. The van der Waals surface area contributed by atoms with E-state index in [1.54, 1.807) is 13.2 Å². The van der Waals surface area contributed by atoms with E-state index < -0.39 is 0 Å². The zero-order chi connectivity index (χ0) is 21.8. The number of halogens is 1. The average molecular weight is 436 g/mol. The van der Waals surface area contributed by atoms with Crippen LogP contribution >= 0.6 is 11.3 Å². The highest BCUT2D eigenvalue weighted by Gasteiger charge is 2.24. The predicted molar refractivity (Wildman–Crippen MR) is 121 cm³/mol. The van der Waals surface area contributed by atoms with Crippen molar-refractivity contribution in [2.24, 2.45) is 0 Å². The van der Waals surface area contributed by atoms with Crippen LogP contribution < -0.4 is 10.1 Å². The minimum Gasteiger partial charge on any atom is -0.497 e. The van der Waals surface area contributed by atoms with Gasteiger partial charge in [0.05, 0.1) is 24.6 Å². The first-order valence-electron chi connectivity index (χ1n) is 9.81. The molecule has 0 radical (unpaired) electrons. The molecule has 4 nitrogen and oxygen atoms in total. The van der Waals surface area contributed by atoms with Gasteiger partial charge in [0.25, 0.3) is 5.91 Å². The predicted octanol–water partition coefficient (Wildman–Crippen LogP) is 5.71. The van der Waals surface area contributed by atoms with Crippen molar-refractivity contribution in [2.45, 2.75) is 12.6 Å². The maximum atomic E-state index is 14.5. The Morgan fingerprint density at radius 1 is 0.968 bits per heavy atom. The van der Waals surface area contributed by atoms with Gasteiger partial charge in [-0.05, 0) is 35.4 Å². The Bertz CT molecular complexity index is 1190. The number of carbonyl (C=O) groups is 1. The molecule has 0 bridgehead atoms. The summed E-state index contributed by atoms with van der Waals surface area (Å²) in [5.41, 5.74) is 2.43. The first-order valence-corrected chi connectivity index (χ1v) is 10.6. The van der Waals surface area contributed by atoms with Gasteiger partial charge in [-0.15, -0.1) is 11.3 Å². The van der Waals surface area contributed by atoms with Crippen LogP contribution in [-0.4, -0.2) is 20.1 Å². The third-order valence-electron chi connectivity index (χ3n) is 5.12. The molecule has 0 saturated carbocycles. The molecule has 4 rings (SSSR count). The fraction of sp³-hybridized carbons (Fsp3) is 0.160. The van der Waals surface area contributed by atoms with Crippen LogP contribution in [0.5, 0.6) is 5.75 Å². The number of nitrogens with one attached hydrogen (secondary N) is 1. The van der Waals surface area contributed by atoms with Crippen LogP contribution in [0.3, 0.4) is 0 Å². The molecule has 1 N–H and O–H groups in total. The van der Waals surface area contributed by atoms with E-state index in [4.69, 9.17) is 9.47 Å². The standard InChI is InChI=1S/C25H22FNO3S/c1-29-15-19-22-20(26)9-6-10-21(22)31-24(19)25(28)27-23(16-7-4-3-5-8-16)17-11-13-18(30-2)14-12-17/h3-14,23H,15H2,1-2H3,(H,27,28). The van der Waals surface area contributed by atoms with Crippen molar-refractivity contribution in [3.05, 3.63) is 100 Å². The van der Waals surface area contributed by atoms with Gasteiger partial charge in [-0.1, -0.05) is 48.5 Å². The number of methoxy groups -OCH3 is 2. The number of amides is 1. The first kappa shape index (κ1) is 21.0. The van der Waals surface area contributed by atoms with E-state index in [0.29, 0.717) is 15.8 Å². The molecule has 6 heteroatoms. The molecular weight excluding hydrogens is 413 g/mol. The topological polar surface area (TPSA) is 47.6 Å². The highest BCUT2D eigenvalue weighted by molar-refractivity contribution is 7.21. The van der Waals surface area contributed by atoms with E-state index in [1.807, 2.05) is 60.7 Å². The maximum Gasteiger partial charge on any atom is 0.262 e. The van der Waals surface area contributed by atoms with E-state index in [1.165, 1.54) is 24.5 Å². The molecule has 0 fully saturated rings. The molecule has 0 aliphatic carbocycles. The summed E-state index contributed by atoms with van der Waals surface area (Å²) in [6.07, 6.45) is 0. The van der Waals surface area contributed by atoms with Gasteiger partial charge < -0.3 is 14.8 Å². The molecule has 0 saturated heterocycles. The molecule has 1 atom stereocenters. The molecule has 1 amide bonds. The lowest BCUT2D eigenvalue weighted by Crippen LogP contribution is -2.29. The maximum absolute atomic E-state index is 14.5. The third-order valence-corrected chi connectivity index (χ3v) is 6.31. The quantitative estimate of drug-likeness (QED) is 0.404. The Balaban J connectivity index is 1.74. The van der Waals surface area contributed by atoms with Gasteiger partial charge in [0.15, 0.2) is 0 Å². The lowest BCUT2D eigenvalue weighted by molar-refractivity contribution is 0.0943. The summed E-state index contributed by atoms with van der Waals surface area (Å²) in [7, 11) is 3.15. The Labute approximate surface area is 184 Å². The van der Waals surface area contributed by atoms with E-state index in [-0.39, 0.29) is 24.4 Å². The van der Waals surface area contributed by atoms with Crippen LogP contribution in [0, 0.1) is 5.82 Å². The van der Waals surface area contributed by atoms with Crippen LogP contribution in [0.1, 0.15) is 32.4 Å². The summed E-state index contributed by atoms with van der Waals surface area (Å²) in [6, 6.07) is 21.8. The van der Waals surface area contributed by atoms with Crippen molar-refractivity contribution in [1.82, 2.24) is 5.32 Å². The molecule has 1 heterocycles. The van der Waals surface area contributed by atoms with Crippen molar-refractivity contribution in [3.8, 4) is 5.75 Å². The lowest BCUT2D eigenvalue weighted by atomic mass is 9.98. The van der Waals surface area contributed by atoms with Gasteiger partial charge in [-0.3, -0.25) is 4.79 Å². The number of carbonyl (C=O) groups excluding carboxylic acids is 1. The summed E-state index contributed by atoms with van der Waals surface area (Å²) in [4.78, 5) is 13.9. The molecule has 31 heavy (non-hydrogen) atoms. The fourth-order valence-corrected chi connectivity index (χ4v) is 4.76. The number of fused-ring (bicyclic) bond motifs is 1. The zero-order valence-electron chi connectivity index (χ0n) is 17.2. The minimum atomic E-state index is -0.370. The molecule has 4 aromatic rings. The second-order valence-corrected chi connectivity index (χ2v) is 8.10. The van der Waals surface area contributed by atoms with Gasteiger partial charge in [-0.25, -0.2) is 4.39 Å². The molecule has 1 aromatic heterocycles. The highest BCUT2D eigenvalue weighted by atomic mass is 32.1. The normalized spacial score (nSPS) is 12.0. The number of benzene rings is 3. The Morgan fingerprint density at radius 3 is 2.35 bits per heavy atom. The van der Waals surface area contributed by atoms with Crippen molar-refractivity contribution >= 4 is 27.3 Å². The molecular formula is C25H22FNO3S. The van der Waals surface area contributed by atoms with Crippen molar-refractivity contribution in [3.63, 3.8) is 0 Å². The minimum absolute atomic E-state index is 0.155. The summed E-state index contributed by atoms with van der Waals surface area (Å²) in [6.45, 7) is 0.155. The second kappa shape index (κ2) is 9.29. The summed E-state index contributed by atoms with van der Waals surface area (Å²) in [5, 5.41) is 3.58. The Morgan fingerprint density at radius 2 is 1.68 bits per heavy atom. The van der Waals surface area contributed by atoms with Gasteiger partial charge in [0.1, 0.15) is 11.6 Å². The molecule has 3 aromatic carbocycles. The van der Waals surface area contributed by atoms with Crippen molar-refractivity contribution < 1.29 is 18.7 Å². The first-order chi connectivity index (χ1) is 15.1. The van der Waals surface area contributed by atoms with Crippen molar-refractivity contribution in [2.75, 3.05) is 14.2 Å².